The fraction of sp³-hybridized carbons (Fsp3) is 0.300. The second-order valence-corrected chi connectivity index (χ2v) is 5.59. The van der Waals surface area contributed by atoms with E-state index in [9.17, 15) is 0 Å². The van der Waals surface area contributed by atoms with E-state index in [4.69, 9.17) is 0 Å². The molecule has 0 saturated carbocycles. The van der Waals surface area contributed by atoms with Gasteiger partial charge in [-0.1, -0.05) is 42.5 Å². The monoisotopic (exact) mass is 277 g/mol. The number of nitrogens with zero attached hydrogens (tertiary/aromatic N) is 1. The van der Waals surface area contributed by atoms with Gasteiger partial charge in [0.05, 0.1) is 0 Å². The molecule has 0 fully saturated rings. The van der Waals surface area contributed by atoms with Crippen molar-refractivity contribution in [3.63, 3.8) is 0 Å². The third kappa shape index (κ3) is 2.87. The van der Waals surface area contributed by atoms with Crippen LogP contribution in [0, 0.1) is 0 Å². The molecule has 1 aliphatic carbocycles. The van der Waals surface area contributed by atoms with Gasteiger partial charge in [0.1, 0.15) is 0 Å². The Morgan fingerprint density at radius 2 is 1.71 bits per heavy atom. The number of anilines is 1. The van der Waals surface area contributed by atoms with E-state index < -0.39 is 0 Å². The van der Waals surface area contributed by atoms with E-state index in [0.29, 0.717) is 0 Å². The quantitative estimate of drug-likeness (QED) is 0.758. The maximum atomic E-state index is 2.42. The predicted octanol–water partition coefficient (Wildman–Crippen LogP) is 5.02. The Labute approximate surface area is 127 Å². The van der Waals surface area contributed by atoms with Crippen molar-refractivity contribution in [3.05, 3.63) is 65.2 Å². The van der Waals surface area contributed by atoms with E-state index in [1.807, 2.05) is 0 Å². The molecule has 1 nitrogen and oxygen atoms in total. The zero-order valence-electron chi connectivity index (χ0n) is 13.0. The first-order chi connectivity index (χ1) is 10.3. The van der Waals surface area contributed by atoms with E-state index in [-0.39, 0.29) is 0 Å². The van der Waals surface area contributed by atoms with E-state index in [2.05, 4.69) is 73.4 Å². The molecular formula is C20H23N. The molecule has 2 aromatic rings. The van der Waals surface area contributed by atoms with Crippen molar-refractivity contribution in [2.45, 2.75) is 26.7 Å². The van der Waals surface area contributed by atoms with Gasteiger partial charge in [-0.2, -0.15) is 0 Å². The number of aryl methyl sites for hydroxylation is 1. The first-order valence-corrected chi connectivity index (χ1v) is 7.95. The average Bonchev–Trinajstić information content (AvgIpc) is 2.92. The summed E-state index contributed by atoms with van der Waals surface area (Å²) in [6.45, 7) is 6.58. The highest BCUT2D eigenvalue weighted by Gasteiger charge is 2.17. The fourth-order valence-electron chi connectivity index (χ4n) is 3.19. The highest BCUT2D eigenvalue weighted by molar-refractivity contribution is 5.86. The van der Waals surface area contributed by atoms with Gasteiger partial charge in [0, 0.05) is 18.8 Å². The molecule has 0 aromatic heterocycles. The van der Waals surface area contributed by atoms with Crippen LogP contribution in [0.25, 0.3) is 11.6 Å². The number of fused-ring (bicyclic) bond motifs is 1. The number of benzene rings is 2. The fourth-order valence-corrected chi connectivity index (χ4v) is 3.19. The minimum absolute atomic E-state index is 1.07. The third-order valence-corrected chi connectivity index (χ3v) is 4.37. The van der Waals surface area contributed by atoms with Crippen LogP contribution < -0.4 is 4.90 Å². The van der Waals surface area contributed by atoms with Crippen LogP contribution in [-0.4, -0.2) is 13.1 Å². The Morgan fingerprint density at radius 1 is 0.952 bits per heavy atom. The minimum atomic E-state index is 1.07. The molecule has 0 radical (unpaired) electrons. The molecule has 108 valence electrons. The third-order valence-electron chi connectivity index (χ3n) is 4.37. The van der Waals surface area contributed by atoms with Crippen LogP contribution in [0.15, 0.2) is 48.5 Å². The smallest absolute Gasteiger partial charge is 0.0369 e. The van der Waals surface area contributed by atoms with Gasteiger partial charge in [0.15, 0.2) is 0 Å². The molecule has 2 aromatic carbocycles. The SMILES string of the molecule is CCN(CC)c1ccc2c(c1)CC/C2=C\c1ccccc1. The zero-order valence-corrected chi connectivity index (χ0v) is 13.0. The van der Waals surface area contributed by atoms with Crippen molar-refractivity contribution >= 4 is 17.3 Å². The molecule has 1 aliphatic rings. The molecule has 0 saturated heterocycles. The summed E-state index contributed by atoms with van der Waals surface area (Å²) in [5, 5.41) is 0. The van der Waals surface area contributed by atoms with Crippen molar-refractivity contribution in [1.82, 2.24) is 0 Å². The molecular weight excluding hydrogens is 254 g/mol. The maximum absolute atomic E-state index is 2.42. The van der Waals surface area contributed by atoms with Gasteiger partial charge in [-0.3, -0.25) is 0 Å². The Morgan fingerprint density at radius 3 is 2.43 bits per heavy atom. The van der Waals surface area contributed by atoms with Crippen molar-refractivity contribution in [1.29, 1.82) is 0 Å². The molecule has 0 atom stereocenters. The Kier molecular flexibility index (Phi) is 4.10. The second-order valence-electron chi connectivity index (χ2n) is 5.59. The lowest BCUT2D eigenvalue weighted by Crippen LogP contribution is -2.21. The predicted molar refractivity (Wildman–Crippen MR) is 92.6 cm³/mol. The van der Waals surface area contributed by atoms with Crippen LogP contribution >= 0.6 is 0 Å². The number of hydrogen-bond acceptors (Lipinski definition) is 1. The van der Waals surface area contributed by atoms with Crippen LogP contribution in [-0.2, 0) is 6.42 Å². The first-order valence-electron chi connectivity index (χ1n) is 7.95. The van der Waals surface area contributed by atoms with Crippen LogP contribution in [0.1, 0.15) is 37.0 Å². The lowest BCUT2D eigenvalue weighted by Gasteiger charge is -2.21. The molecule has 3 rings (SSSR count). The molecule has 0 heterocycles. The summed E-state index contributed by atoms with van der Waals surface area (Å²) >= 11 is 0. The van der Waals surface area contributed by atoms with Crippen molar-refractivity contribution in [2.75, 3.05) is 18.0 Å². The maximum Gasteiger partial charge on any atom is 0.0369 e. The standard InChI is InChI=1S/C20H23N/c1-3-21(4-2)19-12-13-20-17(10-11-18(20)15-19)14-16-8-6-5-7-9-16/h5-9,12-15H,3-4,10-11H2,1-2H3/b17-14+. The average molecular weight is 277 g/mol. The normalized spacial score (nSPS) is 15.2. The van der Waals surface area contributed by atoms with Crippen LogP contribution in [0.3, 0.4) is 0 Å². The topological polar surface area (TPSA) is 3.24 Å². The van der Waals surface area contributed by atoms with E-state index in [0.717, 1.165) is 19.5 Å². The van der Waals surface area contributed by atoms with Gasteiger partial charge >= 0.3 is 0 Å². The number of allylic oxidation sites excluding steroid dienone is 1. The summed E-state index contributed by atoms with van der Waals surface area (Å²) in [6, 6.07) is 17.6. The minimum Gasteiger partial charge on any atom is -0.372 e. The lowest BCUT2D eigenvalue weighted by atomic mass is 10.0. The summed E-state index contributed by atoms with van der Waals surface area (Å²) in [6.07, 6.45) is 4.66. The summed E-state index contributed by atoms with van der Waals surface area (Å²) < 4.78 is 0. The first kappa shape index (κ1) is 13.9. The van der Waals surface area contributed by atoms with Crippen LogP contribution in [0.5, 0.6) is 0 Å². The van der Waals surface area contributed by atoms with Crippen molar-refractivity contribution in [2.24, 2.45) is 0 Å². The van der Waals surface area contributed by atoms with Crippen LogP contribution in [0.2, 0.25) is 0 Å². The Balaban J connectivity index is 1.92. The Bertz CT molecular complexity index is 636. The van der Waals surface area contributed by atoms with Gasteiger partial charge in [-0.05, 0) is 61.1 Å². The van der Waals surface area contributed by atoms with Gasteiger partial charge < -0.3 is 4.90 Å². The van der Waals surface area contributed by atoms with Crippen molar-refractivity contribution < 1.29 is 0 Å². The largest absolute Gasteiger partial charge is 0.372 e. The molecule has 21 heavy (non-hydrogen) atoms. The molecule has 0 amide bonds. The van der Waals surface area contributed by atoms with Gasteiger partial charge in [-0.15, -0.1) is 0 Å². The lowest BCUT2D eigenvalue weighted by molar-refractivity contribution is 0.864. The van der Waals surface area contributed by atoms with Gasteiger partial charge in [0.25, 0.3) is 0 Å². The van der Waals surface area contributed by atoms with Crippen LogP contribution in [0.4, 0.5) is 5.69 Å². The van der Waals surface area contributed by atoms with Crippen molar-refractivity contribution in [3.8, 4) is 0 Å². The summed E-state index contributed by atoms with van der Waals surface area (Å²) in [7, 11) is 0. The van der Waals surface area contributed by atoms with Gasteiger partial charge in [0.2, 0.25) is 0 Å². The highest BCUT2D eigenvalue weighted by Crippen LogP contribution is 2.35. The zero-order chi connectivity index (χ0) is 14.7. The second kappa shape index (κ2) is 6.17. The molecule has 0 unspecified atom stereocenters. The molecule has 0 aliphatic heterocycles. The highest BCUT2D eigenvalue weighted by atomic mass is 15.1. The molecule has 0 spiro atoms. The van der Waals surface area contributed by atoms with E-state index in [1.54, 1.807) is 0 Å². The van der Waals surface area contributed by atoms with Gasteiger partial charge in [-0.25, -0.2) is 0 Å². The summed E-state index contributed by atoms with van der Waals surface area (Å²) in [5.41, 5.74) is 7.08. The number of rotatable bonds is 4. The summed E-state index contributed by atoms with van der Waals surface area (Å²) in [5.74, 6) is 0. The molecule has 1 heteroatoms. The van der Waals surface area contributed by atoms with E-state index >= 15 is 0 Å². The molecule has 0 N–H and O–H groups in total. The van der Waals surface area contributed by atoms with E-state index in [1.165, 1.54) is 34.4 Å². The summed E-state index contributed by atoms with van der Waals surface area (Å²) in [4.78, 5) is 2.42. The Hall–Kier alpha value is -2.02. The molecule has 0 bridgehead atoms. The number of hydrogen-bond donors (Lipinski definition) is 0.